The third-order valence-electron chi connectivity index (χ3n) is 7.98. The molecule has 0 bridgehead atoms. The van der Waals surface area contributed by atoms with E-state index in [4.69, 9.17) is 11.6 Å². The number of aromatic hydroxyl groups is 1. The number of hydrogen-bond donors (Lipinski definition) is 1. The van der Waals surface area contributed by atoms with E-state index in [1.54, 1.807) is 31.2 Å². The number of imide groups is 1. The van der Waals surface area contributed by atoms with Crippen LogP contribution in [0.4, 0.5) is 10.1 Å². The number of phenols is 1. The second-order valence-corrected chi connectivity index (χ2v) is 10.3. The van der Waals surface area contributed by atoms with Crippen LogP contribution in [0.2, 0.25) is 5.02 Å². The van der Waals surface area contributed by atoms with Crippen molar-refractivity contribution in [2.75, 3.05) is 4.90 Å². The van der Waals surface area contributed by atoms with E-state index in [9.17, 15) is 28.7 Å². The molecule has 6 rings (SSSR count). The zero-order valence-electron chi connectivity index (χ0n) is 19.7. The van der Waals surface area contributed by atoms with Gasteiger partial charge in [-0.3, -0.25) is 24.1 Å². The molecule has 1 N–H and O–H groups in total. The molecule has 2 amide bonds. The Balaban J connectivity index is 1.50. The van der Waals surface area contributed by atoms with Crippen LogP contribution in [0.25, 0.3) is 0 Å². The number of carbonyl (C=O) groups excluding carboxylic acids is 4. The number of hydrogen-bond acceptors (Lipinski definition) is 5. The van der Waals surface area contributed by atoms with Gasteiger partial charge >= 0.3 is 0 Å². The van der Waals surface area contributed by atoms with E-state index in [1.165, 1.54) is 23.1 Å². The maximum Gasteiger partial charge on any atom is 0.238 e. The van der Waals surface area contributed by atoms with Gasteiger partial charge in [-0.2, -0.15) is 0 Å². The predicted molar refractivity (Wildman–Crippen MR) is 133 cm³/mol. The predicted octanol–water partition coefficient (Wildman–Crippen LogP) is 4.82. The molecule has 1 saturated heterocycles. The first kappa shape index (κ1) is 23.6. The molecule has 4 aliphatic rings. The summed E-state index contributed by atoms with van der Waals surface area (Å²) in [6, 6.07) is 10.5. The average Bonchev–Trinajstić information content (AvgIpc) is 3.13. The number of Topliss-reactive ketones (excluding diaryl/α,β-unsaturated/α-hetero) is 1. The first-order valence-corrected chi connectivity index (χ1v) is 12.4. The molecule has 4 unspecified atom stereocenters. The maximum absolute atomic E-state index is 14.4. The van der Waals surface area contributed by atoms with Crippen LogP contribution in [-0.2, 0) is 19.2 Å². The Morgan fingerprint density at radius 3 is 2.46 bits per heavy atom. The van der Waals surface area contributed by atoms with Gasteiger partial charge in [0.1, 0.15) is 0 Å². The Labute approximate surface area is 216 Å². The SMILES string of the molecule is CC1=CC(=O)C2=C(CC3C(=CCC4C(=O)N(c5ccc(Cl)cc5)C(=O)C43)C2c2cccc(F)c2O)C1=O. The molecule has 3 aliphatic carbocycles. The topological polar surface area (TPSA) is 91.8 Å². The summed E-state index contributed by atoms with van der Waals surface area (Å²) >= 11 is 5.99. The molecule has 0 aromatic heterocycles. The van der Waals surface area contributed by atoms with E-state index in [0.717, 1.165) is 6.07 Å². The molecule has 1 fully saturated rings. The molecule has 1 heterocycles. The third-order valence-corrected chi connectivity index (χ3v) is 8.23. The first-order valence-electron chi connectivity index (χ1n) is 12.0. The lowest BCUT2D eigenvalue weighted by atomic mass is 9.59. The zero-order chi connectivity index (χ0) is 26.2. The van der Waals surface area contributed by atoms with Crippen LogP contribution in [-0.4, -0.2) is 28.5 Å². The molecule has 37 heavy (non-hydrogen) atoms. The number of fused-ring (bicyclic) bond motifs is 3. The van der Waals surface area contributed by atoms with Gasteiger partial charge in [-0.05, 0) is 62.1 Å². The van der Waals surface area contributed by atoms with Gasteiger partial charge < -0.3 is 5.11 Å². The van der Waals surface area contributed by atoms with Crippen molar-refractivity contribution in [3.63, 3.8) is 0 Å². The maximum atomic E-state index is 14.4. The Morgan fingerprint density at radius 2 is 1.73 bits per heavy atom. The standard InChI is InChI=1S/C29H21ClFNO5/c1-13-11-22(33)25-20(26(13)34)12-19-16(23(25)17-3-2-4-21(31)27(17)35)9-10-18-24(19)29(37)32(28(18)36)15-7-5-14(30)6-8-15/h2-9,11,18-19,23-24,35H,10,12H2,1H3. The Morgan fingerprint density at radius 1 is 1.00 bits per heavy atom. The van der Waals surface area contributed by atoms with Crippen molar-refractivity contribution < 1.29 is 28.7 Å². The van der Waals surface area contributed by atoms with Crippen LogP contribution in [0.15, 0.2) is 76.9 Å². The smallest absolute Gasteiger partial charge is 0.238 e. The molecule has 6 nitrogen and oxygen atoms in total. The number of benzene rings is 2. The minimum Gasteiger partial charge on any atom is -0.505 e. The molecule has 4 atom stereocenters. The summed E-state index contributed by atoms with van der Waals surface area (Å²) in [5.74, 6) is -5.73. The Kier molecular flexibility index (Phi) is 5.31. The van der Waals surface area contributed by atoms with Crippen LogP contribution in [0.1, 0.15) is 31.2 Å². The van der Waals surface area contributed by atoms with E-state index in [-0.39, 0.29) is 58.5 Å². The van der Waals surface area contributed by atoms with Crippen LogP contribution in [0.3, 0.4) is 0 Å². The van der Waals surface area contributed by atoms with Crippen molar-refractivity contribution in [1.29, 1.82) is 0 Å². The van der Waals surface area contributed by atoms with Gasteiger partial charge in [-0.15, -0.1) is 0 Å². The van der Waals surface area contributed by atoms with Crippen LogP contribution >= 0.6 is 11.6 Å². The van der Waals surface area contributed by atoms with Crippen molar-refractivity contribution in [2.45, 2.75) is 25.7 Å². The number of carbonyl (C=O) groups is 4. The van der Waals surface area contributed by atoms with Crippen molar-refractivity contribution >= 4 is 40.7 Å². The summed E-state index contributed by atoms with van der Waals surface area (Å²) in [5.41, 5.74) is 1.95. The monoisotopic (exact) mass is 517 g/mol. The number of nitrogens with zero attached hydrogens (tertiary/aromatic N) is 1. The number of allylic oxidation sites excluding steroid dienone is 6. The van der Waals surface area contributed by atoms with E-state index in [2.05, 4.69) is 0 Å². The average molecular weight is 518 g/mol. The number of para-hydroxylation sites is 1. The minimum absolute atomic E-state index is 0.109. The summed E-state index contributed by atoms with van der Waals surface area (Å²) in [6.45, 7) is 1.56. The highest BCUT2D eigenvalue weighted by Gasteiger charge is 2.56. The highest BCUT2D eigenvalue weighted by Crippen LogP contribution is 2.56. The van der Waals surface area contributed by atoms with E-state index in [0.29, 0.717) is 16.3 Å². The summed E-state index contributed by atoms with van der Waals surface area (Å²) in [4.78, 5) is 54.8. The fourth-order valence-corrected chi connectivity index (χ4v) is 6.47. The van der Waals surface area contributed by atoms with E-state index in [1.807, 2.05) is 6.08 Å². The quantitative estimate of drug-likeness (QED) is 0.350. The first-order chi connectivity index (χ1) is 17.7. The normalized spacial score (nSPS) is 27.1. The molecule has 0 saturated carbocycles. The Hall–Kier alpha value is -3.84. The highest BCUT2D eigenvalue weighted by molar-refractivity contribution is 6.31. The minimum atomic E-state index is -0.904. The van der Waals surface area contributed by atoms with Gasteiger partial charge in [0.2, 0.25) is 11.8 Å². The number of amides is 2. The molecule has 8 heteroatoms. The largest absolute Gasteiger partial charge is 0.505 e. The molecule has 186 valence electrons. The third kappa shape index (κ3) is 3.37. The van der Waals surface area contributed by atoms with Gasteiger partial charge in [0, 0.05) is 33.2 Å². The second kappa shape index (κ2) is 8.35. The number of anilines is 1. The van der Waals surface area contributed by atoms with Crippen LogP contribution in [0, 0.1) is 23.6 Å². The van der Waals surface area contributed by atoms with Crippen LogP contribution in [0.5, 0.6) is 5.75 Å². The molecule has 2 aromatic carbocycles. The van der Waals surface area contributed by atoms with Gasteiger partial charge in [-0.1, -0.05) is 35.4 Å². The molecular formula is C29H21ClFNO5. The lowest BCUT2D eigenvalue weighted by Crippen LogP contribution is -2.39. The molecule has 0 spiro atoms. The summed E-state index contributed by atoms with van der Waals surface area (Å²) in [5, 5.41) is 11.1. The summed E-state index contributed by atoms with van der Waals surface area (Å²) in [7, 11) is 0. The lowest BCUT2D eigenvalue weighted by Gasteiger charge is -2.42. The summed E-state index contributed by atoms with van der Waals surface area (Å²) < 4.78 is 14.4. The van der Waals surface area contributed by atoms with E-state index < -0.39 is 35.2 Å². The number of ketones is 2. The van der Waals surface area contributed by atoms with Gasteiger partial charge in [-0.25, -0.2) is 4.39 Å². The molecular weight excluding hydrogens is 497 g/mol. The fourth-order valence-electron chi connectivity index (χ4n) is 6.35. The highest BCUT2D eigenvalue weighted by atomic mass is 35.5. The number of phenolic OH excluding ortho intramolecular Hbond substituents is 1. The zero-order valence-corrected chi connectivity index (χ0v) is 20.5. The van der Waals surface area contributed by atoms with Crippen LogP contribution < -0.4 is 4.90 Å². The molecule has 1 aliphatic heterocycles. The van der Waals surface area contributed by atoms with Gasteiger partial charge in [0.15, 0.2) is 23.1 Å². The molecule has 2 aromatic rings. The van der Waals surface area contributed by atoms with Crippen molar-refractivity contribution in [3.8, 4) is 5.75 Å². The number of rotatable bonds is 2. The van der Waals surface area contributed by atoms with Crippen molar-refractivity contribution in [2.24, 2.45) is 17.8 Å². The summed E-state index contributed by atoms with van der Waals surface area (Å²) in [6.07, 6.45) is 3.45. The van der Waals surface area contributed by atoms with Crippen molar-refractivity contribution in [3.05, 3.63) is 93.3 Å². The second-order valence-electron chi connectivity index (χ2n) is 9.89. The van der Waals surface area contributed by atoms with Gasteiger partial charge in [0.25, 0.3) is 0 Å². The van der Waals surface area contributed by atoms with Gasteiger partial charge in [0.05, 0.1) is 17.5 Å². The lowest BCUT2D eigenvalue weighted by molar-refractivity contribution is -0.123. The van der Waals surface area contributed by atoms with Crippen molar-refractivity contribution in [1.82, 2.24) is 0 Å². The van der Waals surface area contributed by atoms with E-state index >= 15 is 0 Å². The molecule has 0 radical (unpaired) electrons. The Bertz CT molecular complexity index is 1520. The fraction of sp³-hybridized carbons (Fsp3) is 0.241. The number of halogens is 2.